The van der Waals surface area contributed by atoms with Crippen LogP contribution >= 0.6 is 0 Å². The van der Waals surface area contributed by atoms with Crippen molar-refractivity contribution in [2.45, 2.75) is 19.9 Å². The topological polar surface area (TPSA) is 110 Å². The maximum atomic E-state index is 12.0. The van der Waals surface area contributed by atoms with Gasteiger partial charge in [-0.25, -0.2) is 9.78 Å². The molecule has 0 amide bonds. The number of aromatic amines is 1. The molecule has 0 saturated carbocycles. The second kappa shape index (κ2) is 7.22. The van der Waals surface area contributed by atoms with Crippen molar-refractivity contribution < 1.29 is 14.5 Å². The van der Waals surface area contributed by atoms with Crippen molar-refractivity contribution in [1.29, 1.82) is 0 Å². The average molecular weight is 354 g/mol. The Balaban J connectivity index is 1.87. The van der Waals surface area contributed by atoms with Gasteiger partial charge in [-0.2, -0.15) is 0 Å². The van der Waals surface area contributed by atoms with Crippen LogP contribution in [0.3, 0.4) is 0 Å². The van der Waals surface area contributed by atoms with Gasteiger partial charge >= 0.3 is 5.97 Å². The number of H-pyrrole nitrogens is 1. The maximum Gasteiger partial charge on any atom is 0.345 e. The van der Waals surface area contributed by atoms with E-state index in [1.54, 1.807) is 13.0 Å². The van der Waals surface area contributed by atoms with Crippen LogP contribution in [0.25, 0.3) is 11.0 Å². The first-order valence-corrected chi connectivity index (χ1v) is 8.16. The molecule has 2 aromatic carbocycles. The molecule has 1 aromatic heterocycles. The smallest absolute Gasteiger partial charge is 0.345 e. The molecule has 0 bridgehead atoms. The van der Waals surface area contributed by atoms with Crippen molar-refractivity contribution in [3.63, 3.8) is 0 Å². The highest BCUT2D eigenvalue weighted by Crippen LogP contribution is 2.26. The van der Waals surface area contributed by atoms with Gasteiger partial charge in [0.2, 0.25) is 0 Å². The molecular formula is C18H18N4O4. The van der Waals surface area contributed by atoms with Gasteiger partial charge in [-0.15, -0.1) is 0 Å². The highest BCUT2D eigenvalue weighted by Gasteiger charge is 2.22. The summed E-state index contributed by atoms with van der Waals surface area (Å²) in [4.78, 5) is 30.3. The van der Waals surface area contributed by atoms with Gasteiger partial charge in [0.25, 0.3) is 5.69 Å². The minimum absolute atomic E-state index is 0.0846. The molecule has 0 fully saturated rings. The molecule has 2 N–H and O–H groups in total. The molecule has 0 radical (unpaired) electrons. The number of rotatable bonds is 6. The van der Waals surface area contributed by atoms with Gasteiger partial charge in [-0.1, -0.05) is 12.1 Å². The van der Waals surface area contributed by atoms with Crippen LogP contribution in [0.2, 0.25) is 0 Å². The van der Waals surface area contributed by atoms with E-state index in [1.165, 1.54) is 12.1 Å². The molecular weight excluding hydrogens is 336 g/mol. The van der Waals surface area contributed by atoms with Crippen LogP contribution in [0.15, 0.2) is 42.5 Å². The highest BCUT2D eigenvalue weighted by atomic mass is 16.6. The summed E-state index contributed by atoms with van der Waals surface area (Å²) >= 11 is 0. The number of anilines is 1. The number of carbonyl (C=O) groups excluding carboxylic acids is 1. The first-order chi connectivity index (χ1) is 12.5. The van der Waals surface area contributed by atoms with E-state index in [-0.39, 0.29) is 23.9 Å². The summed E-state index contributed by atoms with van der Waals surface area (Å²) in [5.74, 6) is 0.00137. The van der Waals surface area contributed by atoms with Crippen molar-refractivity contribution in [2.24, 2.45) is 0 Å². The van der Waals surface area contributed by atoms with E-state index < -0.39 is 10.9 Å². The lowest BCUT2D eigenvalue weighted by Gasteiger charge is -2.14. The molecule has 0 saturated heterocycles. The van der Waals surface area contributed by atoms with Crippen LogP contribution in [0.1, 0.15) is 36.1 Å². The minimum atomic E-state index is -0.723. The number of nitro benzene ring substituents is 1. The molecule has 1 unspecified atom stereocenters. The fraction of sp³-hybridized carbons (Fsp3) is 0.222. The number of hydrogen-bond acceptors (Lipinski definition) is 6. The third-order valence-electron chi connectivity index (χ3n) is 3.89. The zero-order valence-corrected chi connectivity index (χ0v) is 14.4. The zero-order chi connectivity index (χ0) is 18.7. The SMILES string of the molecule is CCOC(=O)c1cc(NC(C)c2nc3ccccc3[nH]2)ccc1[N+](=O)[O-]. The summed E-state index contributed by atoms with van der Waals surface area (Å²) in [7, 11) is 0. The number of hydrogen-bond donors (Lipinski definition) is 2. The number of aromatic nitrogens is 2. The zero-order valence-electron chi connectivity index (χ0n) is 14.4. The molecule has 3 aromatic rings. The maximum absolute atomic E-state index is 12.0. The Morgan fingerprint density at radius 2 is 2.12 bits per heavy atom. The summed E-state index contributed by atoms with van der Waals surface area (Å²) in [6, 6.07) is 11.8. The van der Waals surface area contributed by atoms with Crippen LogP contribution in [-0.2, 0) is 4.74 Å². The normalized spacial score (nSPS) is 11.9. The average Bonchev–Trinajstić information content (AvgIpc) is 3.06. The fourth-order valence-electron chi connectivity index (χ4n) is 2.65. The van der Waals surface area contributed by atoms with E-state index in [2.05, 4.69) is 15.3 Å². The molecule has 134 valence electrons. The van der Waals surface area contributed by atoms with E-state index in [0.29, 0.717) is 5.69 Å². The number of ether oxygens (including phenoxy) is 1. The van der Waals surface area contributed by atoms with Gasteiger partial charge < -0.3 is 15.0 Å². The van der Waals surface area contributed by atoms with Gasteiger partial charge in [0.05, 0.1) is 28.6 Å². The molecule has 8 nitrogen and oxygen atoms in total. The molecule has 26 heavy (non-hydrogen) atoms. The molecule has 3 rings (SSSR count). The monoisotopic (exact) mass is 354 g/mol. The first kappa shape index (κ1) is 17.4. The van der Waals surface area contributed by atoms with Crippen molar-refractivity contribution in [2.75, 3.05) is 11.9 Å². The van der Waals surface area contributed by atoms with E-state index in [4.69, 9.17) is 4.74 Å². The number of nitrogens with zero attached hydrogens (tertiary/aromatic N) is 2. The Morgan fingerprint density at radius 1 is 1.35 bits per heavy atom. The Hall–Kier alpha value is -3.42. The first-order valence-electron chi connectivity index (χ1n) is 8.16. The van der Waals surface area contributed by atoms with Crippen molar-refractivity contribution >= 4 is 28.4 Å². The van der Waals surface area contributed by atoms with E-state index in [1.807, 2.05) is 31.2 Å². The molecule has 8 heteroatoms. The van der Waals surface area contributed by atoms with Crippen LogP contribution < -0.4 is 5.32 Å². The number of fused-ring (bicyclic) bond motifs is 1. The van der Waals surface area contributed by atoms with Gasteiger partial charge in [-0.05, 0) is 38.1 Å². The quantitative estimate of drug-likeness (QED) is 0.395. The largest absolute Gasteiger partial charge is 0.462 e. The summed E-state index contributed by atoms with van der Waals surface area (Å²) in [6.45, 7) is 3.70. The van der Waals surface area contributed by atoms with Crippen molar-refractivity contribution in [3.8, 4) is 0 Å². The lowest BCUT2D eigenvalue weighted by molar-refractivity contribution is -0.385. The second-order valence-corrected chi connectivity index (χ2v) is 5.71. The van der Waals surface area contributed by atoms with Crippen LogP contribution in [0, 0.1) is 10.1 Å². The Kier molecular flexibility index (Phi) is 4.83. The summed E-state index contributed by atoms with van der Waals surface area (Å²) in [6.07, 6.45) is 0. The van der Waals surface area contributed by atoms with Gasteiger partial charge in [0, 0.05) is 11.8 Å². The van der Waals surface area contributed by atoms with Gasteiger partial charge in [-0.3, -0.25) is 10.1 Å². The molecule has 0 spiro atoms. The Morgan fingerprint density at radius 3 is 2.81 bits per heavy atom. The number of benzene rings is 2. The third kappa shape index (κ3) is 3.49. The van der Waals surface area contributed by atoms with E-state index >= 15 is 0 Å². The van der Waals surface area contributed by atoms with Gasteiger partial charge in [0.15, 0.2) is 0 Å². The van der Waals surface area contributed by atoms with Crippen LogP contribution in [0.4, 0.5) is 11.4 Å². The number of nitro groups is 1. The molecule has 0 aliphatic heterocycles. The van der Waals surface area contributed by atoms with E-state index in [0.717, 1.165) is 16.9 Å². The minimum Gasteiger partial charge on any atom is -0.462 e. The molecule has 0 aliphatic rings. The third-order valence-corrected chi connectivity index (χ3v) is 3.89. The summed E-state index contributed by atoms with van der Waals surface area (Å²) in [5, 5.41) is 14.3. The lowest BCUT2D eigenvalue weighted by atomic mass is 10.1. The number of nitrogens with one attached hydrogen (secondary N) is 2. The second-order valence-electron chi connectivity index (χ2n) is 5.71. The van der Waals surface area contributed by atoms with Gasteiger partial charge in [0.1, 0.15) is 11.4 Å². The summed E-state index contributed by atoms with van der Waals surface area (Å²) in [5.41, 5.74) is 1.97. The molecule has 1 atom stereocenters. The Bertz CT molecular complexity index is 934. The predicted octanol–water partition coefficient (Wildman–Crippen LogP) is 3.82. The van der Waals surface area contributed by atoms with Crippen molar-refractivity contribution in [1.82, 2.24) is 9.97 Å². The van der Waals surface area contributed by atoms with Crippen LogP contribution in [-0.4, -0.2) is 27.5 Å². The lowest BCUT2D eigenvalue weighted by Crippen LogP contribution is -2.11. The highest BCUT2D eigenvalue weighted by molar-refractivity contribution is 5.95. The summed E-state index contributed by atoms with van der Waals surface area (Å²) < 4.78 is 4.91. The number of para-hydroxylation sites is 2. The molecule has 1 heterocycles. The predicted molar refractivity (Wildman–Crippen MR) is 97.2 cm³/mol. The number of imidazole rings is 1. The van der Waals surface area contributed by atoms with E-state index in [9.17, 15) is 14.9 Å². The fourth-order valence-corrected chi connectivity index (χ4v) is 2.65. The molecule has 0 aliphatic carbocycles. The number of carbonyl (C=O) groups is 1. The van der Waals surface area contributed by atoms with Crippen molar-refractivity contribution in [3.05, 3.63) is 64.0 Å². The van der Waals surface area contributed by atoms with Crippen LogP contribution in [0.5, 0.6) is 0 Å². The number of esters is 1. The standard InChI is InChI=1S/C18H18N4O4/c1-3-26-18(23)13-10-12(8-9-16(13)22(24)25)19-11(2)17-20-14-6-4-5-7-15(14)21-17/h4-11,19H,3H2,1-2H3,(H,20,21). The Labute approximate surface area is 149 Å².